The predicted molar refractivity (Wildman–Crippen MR) is 76.1 cm³/mol. The van der Waals surface area contributed by atoms with Crippen molar-refractivity contribution < 1.29 is 13.2 Å². The summed E-state index contributed by atoms with van der Waals surface area (Å²) in [4.78, 5) is 11.9. The van der Waals surface area contributed by atoms with Crippen LogP contribution in [0.5, 0.6) is 0 Å². The first-order valence-electron chi connectivity index (χ1n) is 5.12. The zero-order chi connectivity index (χ0) is 14.1. The molecule has 5 nitrogen and oxygen atoms in total. The van der Waals surface area contributed by atoms with Gasteiger partial charge in [-0.1, -0.05) is 0 Å². The normalized spacial score (nSPS) is 12.2. The summed E-state index contributed by atoms with van der Waals surface area (Å²) in [5, 5.41) is 2.55. The molecule has 100 valence electrons. The number of anilines is 2. The molecule has 0 aliphatic carbocycles. The van der Waals surface area contributed by atoms with Gasteiger partial charge in [0.05, 0.1) is 0 Å². The molecule has 0 heterocycles. The Labute approximate surface area is 115 Å². The lowest BCUT2D eigenvalue weighted by atomic mass is 10.2. The van der Waals surface area contributed by atoms with E-state index in [1.54, 1.807) is 18.2 Å². The fourth-order valence-electron chi connectivity index (χ4n) is 1.05. The summed E-state index contributed by atoms with van der Waals surface area (Å²) < 4.78 is 22.2. The van der Waals surface area contributed by atoms with Crippen LogP contribution in [0.4, 0.5) is 11.4 Å². The minimum atomic E-state index is -3.49. The molecule has 1 aromatic carbocycles. The van der Waals surface area contributed by atoms with Crippen LogP contribution in [-0.2, 0) is 14.6 Å². The van der Waals surface area contributed by atoms with Crippen LogP contribution in [-0.4, -0.2) is 25.3 Å². The van der Waals surface area contributed by atoms with Crippen molar-refractivity contribution in [2.75, 3.05) is 17.3 Å². The van der Waals surface area contributed by atoms with Gasteiger partial charge < -0.3 is 11.1 Å². The quantitative estimate of drug-likeness (QED) is 0.824. The van der Waals surface area contributed by atoms with Crippen LogP contribution in [0.1, 0.15) is 13.8 Å². The lowest BCUT2D eigenvalue weighted by Gasteiger charge is -2.21. The lowest BCUT2D eigenvalue weighted by molar-refractivity contribution is -0.117. The van der Waals surface area contributed by atoms with E-state index in [4.69, 9.17) is 5.73 Å². The molecule has 1 rings (SSSR count). The van der Waals surface area contributed by atoms with E-state index in [9.17, 15) is 13.2 Å². The molecule has 0 atom stereocenters. The van der Waals surface area contributed by atoms with Crippen LogP contribution in [0.3, 0.4) is 0 Å². The summed E-state index contributed by atoms with van der Waals surface area (Å²) >= 11 is 3.23. The van der Waals surface area contributed by atoms with Gasteiger partial charge in [0.15, 0.2) is 9.84 Å². The van der Waals surface area contributed by atoms with Crippen LogP contribution >= 0.6 is 15.9 Å². The number of halogens is 1. The van der Waals surface area contributed by atoms with Gasteiger partial charge in [0, 0.05) is 22.1 Å². The maximum Gasteiger partial charge on any atom is 0.245 e. The summed E-state index contributed by atoms with van der Waals surface area (Å²) in [5.41, 5.74) is 6.64. The van der Waals surface area contributed by atoms with Gasteiger partial charge >= 0.3 is 0 Å². The first-order valence-corrected chi connectivity index (χ1v) is 7.80. The number of benzene rings is 1. The lowest BCUT2D eigenvalue weighted by Crippen LogP contribution is -2.43. The Morgan fingerprint density at radius 1 is 1.39 bits per heavy atom. The number of nitrogens with two attached hydrogens (primary N) is 1. The van der Waals surface area contributed by atoms with Crippen molar-refractivity contribution in [2.24, 2.45) is 0 Å². The molecule has 0 saturated heterocycles. The molecule has 1 aromatic rings. The first-order chi connectivity index (χ1) is 8.05. The van der Waals surface area contributed by atoms with Crippen molar-refractivity contribution in [1.82, 2.24) is 0 Å². The second-order valence-electron chi connectivity index (χ2n) is 4.47. The number of carbonyl (C=O) groups is 1. The Hall–Kier alpha value is -1.08. The monoisotopic (exact) mass is 334 g/mol. The molecule has 0 radical (unpaired) electrons. The van der Waals surface area contributed by atoms with E-state index >= 15 is 0 Å². The highest BCUT2D eigenvalue weighted by Crippen LogP contribution is 2.25. The van der Waals surface area contributed by atoms with E-state index in [0.717, 1.165) is 6.26 Å². The fourth-order valence-corrected chi connectivity index (χ4v) is 1.82. The Morgan fingerprint density at radius 3 is 2.39 bits per heavy atom. The first kappa shape index (κ1) is 15.0. The molecular formula is C11H15BrN2O3S. The second-order valence-corrected chi connectivity index (χ2v) is 7.89. The standard InChI is InChI=1S/C11H15BrN2O3S/c1-11(2,18(3,16)17)10(15)14-7-4-5-9(13)8(12)6-7/h4-6H,13H2,1-3H3,(H,14,15). The Kier molecular flexibility index (Phi) is 4.07. The highest BCUT2D eigenvalue weighted by molar-refractivity contribution is 9.10. The molecule has 1 amide bonds. The number of nitrogen functional groups attached to an aromatic ring is 1. The maximum absolute atomic E-state index is 11.9. The maximum atomic E-state index is 11.9. The zero-order valence-electron chi connectivity index (χ0n) is 10.3. The molecule has 3 N–H and O–H groups in total. The van der Waals surface area contributed by atoms with Crippen molar-refractivity contribution in [2.45, 2.75) is 18.6 Å². The topological polar surface area (TPSA) is 89.3 Å². The highest BCUT2D eigenvalue weighted by Gasteiger charge is 2.38. The summed E-state index contributed by atoms with van der Waals surface area (Å²) in [5.74, 6) is -0.582. The second kappa shape index (κ2) is 4.89. The molecule has 0 fully saturated rings. The minimum absolute atomic E-state index is 0.484. The molecule has 0 saturated carbocycles. The van der Waals surface area contributed by atoms with Gasteiger partial charge in [-0.15, -0.1) is 0 Å². The van der Waals surface area contributed by atoms with Crippen molar-refractivity contribution in [1.29, 1.82) is 0 Å². The van der Waals surface area contributed by atoms with E-state index in [0.29, 0.717) is 15.8 Å². The van der Waals surface area contributed by atoms with Crippen molar-refractivity contribution in [3.05, 3.63) is 22.7 Å². The molecule has 0 spiro atoms. The largest absolute Gasteiger partial charge is 0.398 e. The number of nitrogens with one attached hydrogen (secondary N) is 1. The van der Waals surface area contributed by atoms with Gasteiger partial charge in [-0.25, -0.2) is 8.42 Å². The van der Waals surface area contributed by atoms with Crippen LogP contribution in [0, 0.1) is 0 Å². The van der Waals surface area contributed by atoms with Crippen LogP contribution in [0.2, 0.25) is 0 Å². The molecule has 0 aliphatic rings. The van der Waals surface area contributed by atoms with Gasteiger partial charge in [-0.2, -0.15) is 0 Å². The molecule has 0 unspecified atom stereocenters. The summed E-state index contributed by atoms with van der Waals surface area (Å²) in [7, 11) is -3.49. The highest BCUT2D eigenvalue weighted by atomic mass is 79.9. The van der Waals surface area contributed by atoms with E-state index in [1.165, 1.54) is 13.8 Å². The van der Waals surface area contributed by atoms with E-state index in [-0.39, 0.29) is 0 Å². The zero-order valence-corrected chi connectivity index (χ0v) is 12.7. The van der Waals surface area contributed by atoms with Gasteiger partial charge in [0.1, 0.15) is 4.75 Å². The summed E-state index contributed by atoms with van der Waals surface area (Å²) in [6.07, 6.45) is 1.03. The predicted octanol–water partition coefficient (Wildman–Crippen LogP) is 1.79. The average molecular weight is 335 g/mol. The number of hydrogen-bond donors (Lipinski definition) is 2. The van der Waals surface area contributed by atoms with E-state index in [2.05, 4.69) is 21.2 Å². The molecule has 18 heavy (non-hydrogen) atoms. The fraction of sp³-hybridized carbons (Fsp3) is 0.364. The van der Waals surface area contributed by atoms with Crippen LogP contribution in [0.15, 0.2) is 22.7 Å². The third-order valence-electron chi connectivity index (χ3n) is 2.73. The molecule has 7 heteroatoms. The summed E-state index contributed by atoms with van der Waals surface area (Å²) in [6.45, 7) is 2.73. The van der Waals surface area contributed by atoms with Crippen LogP contribution < -0.4 is 11.1 Å². The SMILES string of the molecule is CC(C)(C(=O)Nc1ccc(N)c(Br)c1)S(C)(=O)=O. The summed E-state index contributed by atoms with van der Waals surface area (Å²) in [6, 6.07) is 4.84. The van der Waals surface area contributed by atoms with Crippen LogP contribution in [0.25, 0.3) is 0 Å². The van der Waals surface area contributed by atoms with Crippen molar-refractivity contribution >= 4 is 43.0 Å². The van der Waals surface area contributed by atoms with Gasteiger partial charge in [0.2, 0.25) is 5.91 Å². The third kappa shape index (κ3) is 3.02. The van der Waals surface area contributed by atoms with Gasteiger partial charge in [-0.05, 0) is 48.0 Å². The number of amides is 1. The Balaban J connectivity index is 2.99. The number of rotatable bonds is 3. The smallest absolute Gasteiger partial charge is 0.245 e. The third-order valence-corrected chi connectivity index (χ3v) is 5.46. The number of carbonyl (C=O) groups excluding carboxylic acids is 1. The minimum Gasteiger partial charge on any atom is -0.398 e. The van der Waals surface area contributed by atoms with Crippen molar-refractivity contribution in [3.63, 3.8) is 0 Å². The molecular weight excluding hydrogens is 320 g/mol. The molecule has 0 aromatic heterocycles. The molecule has 0 aliphatic heterocycles. The number of sulfone groups is 1. The molecule has 0 bridgehead atoms. The van der Waals surface area contributed by atoms with Gasteiger partial charge in [-0.3, -0.25) is 4.79 Å². The van der Waals surface area contributed by atoms with E-state index < -0.39 is 20.5 Å². The van der Waals surface area contributed by atoms with E-state index in [1.807, 2.05) is 0 Å². The Morgan fingerprint density at radius 2 is 1.94 bits per heavy atom. The van der Waals surface area contributed by atoms with Crippen molar-refractivity contribution in [3.8, 4) is 0 Å². The van der Waals surface area contributed by atoms with Gasteiger partial charge in [0.25, 0.3) is 0 Å². The number of hydrogen-bond acceptors (Lipinski definition) is 4. The Bertz CT molecular complexity index is 582. The average Bonchev–Trinajstić information content (AvgIpc) is 2.21.